The van der Waals surface area contributed by atoms with Gasteiger partial charge in [-0.1, -0.05) is 28.1 Å². The second-order valence-electron chi connectivity index (χ2n) is 8.86. The number of carbonyl (C=O) groups is 2. The highest BCUT2D eigenvalue weighted by atomic mass is 79.9. The zero-order chi connectivity index (χ0) is 22.0. The number of hydrogen-bond acceptors (Lipinski definition) is 5. The second kappa shape index (κ2) is 8.38. The van der Waals surface area contributed by atoms with Crippen LogP contribution < -0.4 is 5.32 Å². The van der Waals surface area contributed by atoms with Crippen LogP contribution in [0.25, 0.3) is 0 Å². The fourth-order valence-electron chi connectivity index (χ4n) is 3.47. The Hall–Kier alpha value is -2.40. The van der Waals surface area contributed by atoms with Gasteiger partial charge in [-0.25, -0.2) is 4.79 Å². The van der Waals surface area contributed by atoms with Crippen molar-refractivity contribution in [3.63, 3.8) is 0 Å². The molecule has 0 aliphatic carbocycles. The molecule has 0 aromatic heterocycles. The summed E-state index contributed by atoms with van der Waals surface area (Å²) >= 11 is 3.44. The minimum atomic E-state index is -0.640. The predicted octanol–water partition coefficient (Wildman–Crippen LogP) is 4.37. The molecule has 2 aliphatic rings. The van der Waals surface area contributed by atoms with E-state index in [2.05, 4.69) is 37.4 Å². The lowest BCUT2D eigenvalue weighted by Crippen LogP contribution is -2.69. The van der Waals surface area contributed by atoms with E-state index in [9.17, 15) is 9.59 Å². The molecule has 7 nitrogen and oxygen atoms in total. The first kappa shape index (κ1) is 22.3. The number of ether oxygens (including phenoxy) is 1. The van der Waals surface area contributed by atoms with Gasteiger partial charge < -0.3 is 15.0 Å². The topological polar surface area (TPSA) is 83.4 Å². The van der Waals surface area contributed by atoms with Gasteiger partial charge in [-0.3, -0.25) is 4.79 Å². The van der Waals surface area contributed by atoms with Crippen LogP contribution in [-0.4, -0.2) is 41.3 Å². The van der Waals surface area contributed by atoms with Crippen molar-refractivity contribution in [3.8, 4) is 12.3 Å². The third-order valence-corrected chi connectivity index (χ3v) is 5.68. The molecule has 160 valence electrons. The number of carbonyl (C=O) groups excluding carboxylic acids is 2. The van der Waals surface area contributed by atoms with Gasteiger partial charge in [0, 0.05) is 30.2 Å². The van der Waals surface area contributed by atoms with Gasteiger partial charge in [0.05, 0.1) is 13.1 Å². The van der Waals surface area contributed by atoms with E-state index >= 15 is 0 Å². The fraction of sp³-hybridized carbons (Fsp3) is 0.545. The quantitative estimate of drug-likeness (QED) is 0.595. The molecule has 8 heteroatoms. The Balaban J connectivity index is 1.65. The highest BCUT2D eigenvalue weighted by Gasteiger charge is 2.49. The van der Waals surface area contributed by atoms with E-state index in [1.54, 1.807) is 4.90 Å². The van der Waals surface area contributed by atoms with Crippen molar-refractivity contribution >= 4 is 27.9 Å². The summed E-state index contributed by atoms with van der Waals surface area (Å²) in [4.78, 5) is 26.8. The number of nitrogens with zero attached hydrogens (tertiary/aromatic N) is 3. The van der Waals surface area contributed by atoms with Crippen molar-refractivity contribution in [1.29, 1.82) is 0 Å². The molecular weight excluding hydrogens is 448 g/mol. The van der Waals surface area contributed by atoms with E-state index in [1.165, 1.54) is 0 Å². The second-order valence-corrected chi connectivity index (χ2v) is 9.78. The molecule has 0 unspecified atom stereocenters. The minimum absolute atomic E-state index is 0.0980. The first-order valence-electron chi connectivity index (χ1n) is 9.99. The van der Waals surface area contributed by atoms with Gasteiger partial charge in [0.25, 0.3) is 0 Å². The Morgan fingerprint density at radius 2 is 1.87 bits per heavy atom. The van der Waals surface area contributed by atoms with Crippen LogP contribution in [0.5, 0.6) is 0 Å². The third-order valence-electron chi connectivity index (χ3n) is 5.15. The van der Waals surface area contributed by atoms with Crippen LogP contribution in [0.2, 0.25) is 0 Å². The van der Waals surface area contributed by atoms with Crippen LogP contribution in [0.4, 0.5) is 4.79 Å². The molecule has 0 radical (unpaired) electrons. The normalized spacial score (nSPS) is 18.2. The Morgan fingerprint density at radius 1 is 1.23 bits per heavy atom. The maximum atomic E-state index is 12.8. The van der Waals surface area contributed by atoms with Crippen molar-refractivity contribution in [2.75, 3.05) is 13.1 Å². The molecule has 2 aliphatic heterocycles. The molecule has 1 N–H and O–H groups in total. The molecule has 0 saturated carbocycles. The Bertz CT molecular complexity index is 871. The Morgan fingerprint density at radius 3 is 2.40 bits per heavy atom. The molecule has 2 amide bonds. The van der Waals surface area contributed by atoms with E-state index in [1.807, 2.05) is 45.0 Å². The maximum absolute atomic E-state index is 12.8. The first-order chi connectivity index (χ1) is 14.1. The van der Waals surface area contributed by atoms with Gasteiger partial charge in [0.15, 0.2) is 5.66 Å². The molecule has 2 heterocycles. The number of amides is 2. The fourth-order valence-corrected chi connectivity index (χ4v) is 3.74. The zero-order valence-corrected chi connectivity index (χ0v) is 19.2. The number of likely N-dealkylation sites (tertiary alicyclic amines) is 1. The average Bonchev–Trinajstić information content (AvgIpc) is 3.40. The van der Waals surface area contributed by atoms with Crippen LogP contribution in [-0.2, 0) is 15.1 Å². The van der Waals surface area contributed by atoms with E-state index in [4.69, 9.17) is 11.2 Å². The number of terminal acetylenes is 1. The van der Waals surface area contributed by atoms with Crippen molar-refractivity contribution in [2.45, 2.75) is 63.3 Å². The van der Waals surface area contributed by atoms with Gasteiger partial charge in [0.2, 0.25) is 5.91 Å². The summed E-state index contributed by atoms with van der Waals surface area (Å²) < 4.78 is 6.41. The first-order valence-corrected chi connectivity index (χ1v) is 10.8. The van der Waals surface area contributed by atoms with Crippen LogP contribution in [0.1, 0.15) is 52.0 Å². The number of halogens is 1. The third kappa shape index (κ3) is 5.39. The Labute approximate surface area is 185 Å². The number of hydrogen-bond donors (Lipinski definition) is 1. The molecule has 3 rings (SSSR count). The smallest absolute Gasteiger partial charge is 0.410 e. The summed E-state index contributed by atoms with van der Waals surface area (Å²) in [6.07, 6.45) is 7.02. The summed E-state index contributed by atoms with van der Waals surface area (Å²) in [5.74, 6) is 2.49. The number of benzene rings is 1. The van der Waals surface area contributed by atoms with Gasteiger partial charge in [-0.05, 0) is 38.5 Å². The summed E-state index contributed by atoms with van der Waals surface area (Å²) in [6.45, 7) is 6.20. The summed E-state index contributed by atoms with van der Waals surface area (Å²) in [5, 5.41) is 11.3. The minimum Gasteiger partial charge on any atom is -0.444 e. The molecular formula is C22H27BrN4O3. The van der Waals surface area contributed by atoms with Gasteiger partial charge >= 0.3 is 6.09 Å². The van der Waals surface area contributed by atoms with E-state index in [-0.39, 0.29) is 12.0 Å². The van der Waals surface area contributed by atoms with Crippen molar-refractivity contribution in [1.82, 2.24) is 10.2 Å². The Kier molecular flexibility index (Phi) is 6.23. The largest absolute Gasteiger partial charge is 0.444 e. The summed E-state index contributed by atoms with van der Waals surface area (Å²) in [5.41, 5.74) is -0.753. The van der Waals surface area contributed by atoms with Gasteiger partial charge in [-0.15, -0.1) is 12.3 Å². The van der Waals surface area contributed by atoms with Gasteiger partial charge in [0.1, 0.15) is 11.1 Å². The lowest BCUT2D eigenvalue weighted by atomic mass is 9.82. The van der Waals surface area contributed by atoms with E-state index in [0.717, 1.165) is 10.0 Å². The van der Waals surface area contributed by atoms with Crippen molar-refractivity contribution < 1.29 is 14.3 Å². The maximum Gasteiger partial charge on any atom is 0.410 e. The molecule has 0 bridgehead atoms. The molecule has 1 aromatic carbocycles. The molecule has 1 fully saturated rings. The molecule has 0 atom stereocenters. The number of nitrogens with one attached hydrogen (secondary N) is 1. The van der Waals surface area contributed by atoms with Crippen molar-refractivity contribution in [3.05, 3.63) is 34.3 Å². The number of rotatable bonds is 7. The molecule has 30 heavy (non-hydrogen) atoms. The average molecular weight is 475 g/mol. The van der Waals surface area contributed by atoms with Crippen LogP contribution in [0.15, 0.2) is 39.0 Å². The van der Waals surface area contributed by atoms with Crippen molar-refractivity contribution in [2.24, 2.45) is 10.2 Å². The monoisotopic (exact) mass is 474 g/mol. The predicted molar refractivity (Wildman–Crippen MR) is 117 cm³/mol. The SMILES string of the molecule is C#CCCC1(CCC(=O)NC2(c3ccc(Br)cc3)CN(C(=O)OC(C)(C)C)C2)N=N1. The highest BCUT2D eigenvalue weighted by Crippen LogP contribution is 2.38. The lowest BCUT2D eigenvalue weighted by molar-refractivity contribution is -0.126. The lowest BCUT2D eigenvalue weighted by Gasteiger charge is -2.50. The highest BCUT2D eigenvalue weighted by molar-refractivity contribution is 9.10. The van der Waals surface area contributed by atoms with Crippen LogP contribution >= 0.6 is 15.9 Å². The van der Waals surface area contributed by atoms with E-state index < -0.39 is 16.8 Å². The standard InChI is InChI=1S/C22H27BrN4O3/c1-5-6-12-22(25-26-22)13-11-18(28)24-21(16-7-9-17(23)10-8-16)14-27(15-21)19(29)30-20(2,3)4/h1,7-10H,6,11-15H2,2-4H3,(H,24,28). The summed E-state index contributed by atoms with van der Waals surface area (Å²) in [6, 6.07) is 7.76. The molecule has 1 aromatic rings. The summed E-state index contributed by atoms with van der Waals surface area (Å²) in [7, 11) is 0. The van der Waals surface area contributed by atoms with Gasteiger partial charge in [-0.2, -0.15) is 10.2 Å². The zero-order valence-electron chi connectivity index (χ0n) is 17.6. The molecule has 1 saturated heterocycles. The van der Waals surface area contributed by atoms with Crippen LogP contribution in [0, 0.1) is 12.3 Å². The van der Waals surface area contributed by atoms with Crippen LogP contribution in [0.3, 0.4) is 0 Å². The molecule has 0 spiro atoms. The van der Waals surface area contributed by atoms with E-state index in [0.29, 0.717) is 38.8 Å².